The van der Waals surface area contributed by atoms with Gasteiger partial charge in [-0.25, -0.2) is 22.9 Å². The molecule has 1 aliphatic carbocycles. The second-order valence-electron chi connectivity index (χ2n) is 8.70. The molecule has 2 aromatic heterocycles. The standard InChI is InChI=1S/C25H23F2N5O3/c1-13-23(35-25(34)28-22(16-10-11-16)17-6-4-7-18(26)12-17)19-8-5-9-20(27)21(19)24(33)31(13)32-14(2)29-30-15(32)3/h4-9,12,16,22H,10-11H2,1-3H3,(H,28,34)/t22-/m0/s1. The molecule has 1 saturated carbocycles. The van der Waals surface area contributed by atoms with Crippen LogP contribution in [0.3, 0.4) is 0 Å². The Morgan fingerprint density at radius 3 is 2.40 bits per heavy atom. The van der Waals surface area contributed by atoms with Gasteiger partial charge in [0.2, 0.25) is 0 Å². The normalized spacial score (nSPS) is 14.2. The summed E-state index contributed by atoms with van der Waals surface area (Å²) in [6.07, 6.45) is 0.999. The van der Waals surface area contributed by atoms with Crippen LogP contribution in [0.2, 0.25) is 0 Å². The fourth-order valence-corrected chi connectivity index (χ4v) is 4.45. The first-order valence-corrected chi connectivity index (χ1v) is 11.2. The van der Waals surface area contributed by atoms with Gasteiger partial charge in [-0.15, -0.1) is 10.2 Å². The van der Waals surface area contributed by atoms with Gasteiger partial charge in [0.25, 0.3) is 5.56 Å². The highest BCUT2D eigenvalue weighted by Crippen LogP contribution is 2.41. The van der Waals surface area contributed by atoms with Crippen molar-refractivity contribution >= 4 is 16.9 Å². The number of halogens is 2. The minimum absolute atomic E-state index is 0.0258. The zero-order chi connectivity index (χ0) is 24.9. The Balaban J connectivity index is 1.59. The average molecular weight is 479 g/mol. The number of hydrogen-bond donors (Lipinski definition) is 1. The van der Waals surface area contributed by atoms with Crippen LogP contribution in [-0.2, 0) is 0 Å². The van der Waals surface area contributed by atoms with Gasteiger partial charge in [0.1, 0.15) is 23.3 Å². The van der Waals surface area contributed by atoms with Crippen LogP contribution in [0.15, 0.2) is 47.3 Å². The molecule has 1 atom stereocenters. The largest absolute Gasteiger partial charge is 0.413 e. The van der Waals surface area contributed by atoms with Crippen molar-refractivity contribution in [2.24, 2.45) is 5.92 Å². The highest BCUT2D eigenvalue weighted by molar-refractivity contribution is 5.91. The Kier molecular flexibility index (Phi) is 5.58. The van der Waals surface area contributed by atoms with Crippen LogP contribution in [-0.4, -0.2) is 25.6 Å². The van der Waals surface area contributed by atoms with E-state index < -0.39 is 29.3 Å². The number of hydrogen-bond acceptors (Lipinski definition) is 5. The number of nitrogens with zero attached hydrogens (tertiary/aromatic N) is 4. The van der Waals surface area contributed by atoms with Crippen molar-refractivity contribution in [3.63, 3.8) is 0 Å². The maximum atomic E-state index is 14.9. The molecule has 2 aromatic carbocycles. The van der Waals surface area contributed by atoms with E-state index in [1.807, 2.05) is 0 Å². The molecule has 4 aromatic rings. The second kappa shape index (κ2) is 8.61. The summed E-state index contributed by atoms with van der Waals surface area (Å²) in [6, 6.07) is 9.77. The number of ether oxygens (including phenoxy) is 1. The molecular weight excluding hydrogens is 456 g/mol. The minimum atomic E-state index is -0.790. The molecule has 5 rings (SSSR count). The van der Waals surface area contributed by atoms with Gasteiger partial charge in [-0.05, 0) is 63.3 Å². The van der Waals surface area contributed by atoms with Gasteiger partial charge in [-0.3, -0.25) is 4.79 Å². The first-order chi connectivity index (χ1) is 16.8. The molecule has 180 valence electrons. The van der Waals surface area contributed by atoms with Crippen molar-refractivity contribution in [1.82, 2.24) is 24.9 Å². The summed E-state index contributed by atoms with van der Waals surface area (Å²) in [5.74, 6) is -0.149. The number of pyridine rings is 1. The van der Waals surface area contributed by atoms with Gasteiger partial charge < -0.3 is 10.1 Å². The molecule has 0 saturated heterocycles. The molecular formula is C25H23F2N5O3. The molecule has 1 N–H and O–H groups in total. The molecule has 0 bridgehead atoms. The van der Waals surface area contributed by atoms with E-state index in [2.05, 4.69) is 15.5 Å². The average Bonchev–Trinajstić information content (AvgIpc) is 3.61. The summed E-state index contributed by atoms with van der Waals surface area (Å²) in [6.45, 7) is 4.91. The lowest BCUT2D eigenvalue weighted by Crippen LogP contribution is -2.35. The van der Waals surface area contributed by atoms with E-state index >= 15 is 0 Å². The maximum Gasteiger partial charge on any atom is 0.413 e. The van der Waals surface area contributed by atoms with Crippen LogP contribution in [0.5, 0.6) is 5.75 Å². The Morgan fingerprint density at radius 2 is 1.74 bits per heavy atom. The zero-order valence-corrected chi connectivity index (χ0v) is 19.4. The number of benzene rings is 2. The number of fused-ring (bicyclic) bond motifs is 1. The SMILES string of the molecule is Cc1nnc(C)n1-n1c(C)c(OC(=O)N[C@H](c2cccc(F)c2)C2CC2)c2cccc(F)c2c1=O. The Hall–Kier alpha value is -4.08. The van der Waals surface area contributed by atoms with E-state index in [0.29, 0.717) is 17.2 Å². The Labute approximate surface area is 199 Å². The summed E-state index contributed by atoms with van der Waals surface area (Å²) in [5.41, 5.74) is 0.269. The number of aryl methyl sites for hydroxylation is 2. The molecule has 10 heteroatoms. The van der Waals surface area contributed by atoms with Crippen molar-refractivity contribution in [3.05, 3.63) is 87.4 Å². The quantitative estimate of drug-likeness (QED) is 0.460. The fourth-order valence-electron chi connectivity index (χ4n) is 4.45. The maximum absolute atomic E-state index is 14.9. The number of carbonyl (C=O) groups is 1. The van der Waals surface area contributed by atoms with E-state index in [1.165, 1.54) is 39.7 Å². The molecule has 0 unspecified atom stereocenters. The van der Waals surface area contributed by atoms with E-state index in [4.69, 9.17) is 4.74 Å². The molecule has 0 aliphatic heterocycles. The zero-order valence-electron chi connectivity index (χ0n) is 19.4. The van der Waals surface area contributed by atoms with Crippen LogP contribution in [0.1, 0.15) is 41.8 Å². The lowest BCUT2D eigenvalue weighted by Gasteiger charge is -2.21. The number of rotatable bonds is 5. The molecule has 2 heterocycles. The predicted molar refractivity (Wildman–Crippen MR) is 124 cm³/mol. The summed E-state index contributed by atoms with van der Waals surface area (Å²) >= 11 is 0. The van der Waals surface area contributed by atoms with Crippen LogP contribution in [0, 0.1) is 38.3 Å². The van der Waals surface area contributed by atoms with Crippen molar-refractivity contribution < 1.29 is 18.3 Å². The van der Waals surface area contributed by atoms with Gasteiger partial charge in [0.05, 0.1) is 17.1 Å². The monoisotopic (exact) mass is 479 g/mol. The number of carbonyl (C=O) groups excluding carboxylic acids is 1. The second-order valence-corrected chi connectivity index (χ2v) is 8.70. The van der Waals surface area contributed by atoms with Gasteiger partial charge in [-0.2, -0.15) is 0 Å². The number of nitrogens with one attached hydrogen (secondary N) is 1. The molecule has 35 heavy (non-hydrogen) atoms. The van der Waals surface area contributed by atoms with E-state index in [0.717, 1.165) is 12.8 Å². The third-order valence-corrected chi connectivity index (χ3v) is 6.23. The third kappa shape index (κ3) is 4.05. The van der Waals surface area contributed by atoms with E-state index in [9.17, 15) is 18.4 Å². The topological polar surface area (TPSA) is 91.0 Å². The Morgan fingerprint density at radius 1 is 1.06 bits per heavy atom. The summed E-state index contributed by atoms with van der Waals surface area (Å²) in [5, 5.41) is 10.7. The summed E-state index contributed by atoms with van der Waals surface area (Å²) < 4.78 is 37.0. The molecule has 1 amide bonds. The Bertz CT molecular complexity index is 1500. The first-order valence-electron chi connectivity index (χ1n) is 11.2. The number of aromatic nitrogens is 4. The lowest BCUT2D eigenvalue weighted by atomic mass is 10.0. The first kappa shape index (κ1) is 22.7. The predicted octanol–water partition coefficient (Wildman–Crippen LogP) is 4.35. The summed E-state index contributed by atoms with van der Waals surface area (Å²) in [7, 11) is 0. The smallest absolute Gasteiger partial charge is 0.408 e. The molecule has 0 spiro atoms. The van der Waals surface area contributed by atoms with E-state index in [1.54, 1.807) is 32.9 Å². The highest BCUT2D eigenvalue weighted by atomic mass is 19.1. The van der Waals surface area contributed by atoms with Crippen molar-refractivity contribution in [1.29, 1.82) is 0 Å². The third-order valence-electron chi connectivity index (χ3n) is 6.23. The minimum Gasteiger partial charge on any atom is -0.408 e. The van der Waals surface area contributed by atoms with Crippen LogP contribution in [0.25, 0.3) is 10.8 Å². The van der Waals surface area contributed by atoms with Gasteiger partial charge >= 0.3 is 6.09 Å². The van der Waals surface area contributed by atoms with Gasteiger partial charge in [-0.1, -0.05) is 24.3 Å². The van der Waals surface area contributed by atoms with Crippen molar-refractivity contribution in [2.75, 3.05) is 0 Å². The molecule has 0 radical (unpaired) electrons. The molecule has 1 aliphatic rings. The van der Waals surface area contributed by atoms with Gasteiger partial charge in [0.15, 0.2) is 5.75 Å². The fraction of sp³-hybridized carbons (Fsp3) is 0.280. The van der Waals surface area contributed by atoms with Gasteiger partial charge in [0, 0.05) is 5.39 Å². The van der Waals surface area contributed by atoms with Crippen LogP contribution in [0.4, 0.5) is 13.6 Å². The molecule has 8 nitrogen and oxygen atoms in total. The van der Waals surface area contributed by atoms with E-state index in [-0.39, 0.29) is 28.1 Å². The van der Waals surface area contributed by atoms with Crippen molar-refractivity contribution in [3.8, 4) is 5.75 Å². The van der Waals surface area contributed by atoms with Crippen molar-refractivity contribution in [2.45, 2.75) is 39.7 Å². The van der Waals surface area contributed by atoms with Crippen LogP contribution < -0.4 is 15.6 Å². The lowest BCUT2D eigenvalue weighted by molar-refractivity contribution is 0.194. The van der Waals surface area contributed by atoms with Crippen LogP contribution >= 0.6 is 0 Å². The number of amides is 1. The highest BCUT2D eigenvalue weighted by Gasteiger charge is 2.34. The molecule has 1 fully saturated rings. The summed E-state index contributed by atoms with van der Waals surface area (Å²) in [4.78, 5) is 26.4.